The molecule has 0 spiro atoms. The summed E-state index contributed by atoms with van der Waals surface area (Å²) in [5.74, 6) is 0. The van der Waals surface area contributed by atoms with Gasteiger partial charge < -0.3 is 4.90 Å². The van der Waals surface area contributed by atoms with Crippen LogP contribution in [0.1, 0.15) is 17.7 Å². The zero-order valence-corrected chi connectivity index (χ0v) is 13.9. The molecule has 130 valence electrons. The van der Waals surface area contributed by atoms with Gasteiger partial charge in [0.25, 0.3) is 0 Å². The van der Waals surface area contributed by atoms with Gasteiger partial charge in [0.2, 0.25) is 0 Å². The van der Waals surface area contributed by atoms with Gasteiger partial charge in [-0.2, -0.15) is 18.3 Å². The Morgan fingerprint density at radius 2 is 2.04 bits per heavy atom. The fourth-order valence-electron chi connectivity index (χ4n) is 3.18. The van der Waals surface area contributed by atoms with E-state index in [2.05, 4.69) is 15.1 Å². The van der Waals surface area contributed by atoms with Gasteiger partial charge in [0.15, 0.2) is 10.8 Å². The topological polar surface area (TPSA) is 46.3 Å². The second kappa shape index (κ2) is 5.59. The highest BCUT2D eigenvalue weighted by Gasteiger charge is 2.33. The van der Waals surface area contributed by atoms with Crippen LogP contribution in [0.3, 0.4) is 0 Å². The zero-order valence-electron chi connectivity index (χ0n) is 13.2. The highest BCUT2D eigenvalue weighted by molar-refractivity contribution is 6.32. The van der Waals surface area contributed by atoms with Crippen LogP contribution in [-0.4, -0.2) is 33.2 Å². The molecule has 0 saturated carbocycles. The summed E-state index contributed by atoms with van der Waals surface area (Å²) in [6, 6.07) is 2.49. The Morgan fingerprint density at radius 1 is 1.24 bits per heavy atom. The van der Waals surface area contributed by atoms with E-state index in [0.29, 0.717) is 22.1 Å². The lowest BCUT2D eigenvalue weighted by Crippen LogP contribution is -2.26. The van der Waals surface area contributed by atoms with Crippen molar-refractivity contribution in [1.29, 1.82) is 0 Å². The Bertz CT molecular complexity index is 966. The van der Waals surface area contributed by atoms with Gasteiger partial charge in [-0.1, -0.05) is 11.6 Å². The Hall–Kier alpha value is -2.35. The molecule has 4 heterocycles. The van der Waals surface area contributed by atoms with Gasteiger partial charge in [0.05, 0.1) is 17.6 Å². The third-order valence-corrected chi connectivity index (χ3v) is 4.58. The number of nitrogens with zero attached hydrogens (tertiary/aromatic N) is 5. The summed E-state index contributed by atoms with van der Waals surface area (Å²) >= 11 is 6.34. The number of imidazole rings is 1. The first-order valence-corrected chi connectivity index (χ1v) is 8.05. The number of anilines is 1. The molecule has 9 heteroatoms. The van der Waals surface area contributed by atoms with E-state index in [1.54, 1.807) is 0 Å². The van der Waals surface area contributed by atoms with E-state index in [1.165, 1.54) is 16.8 Å². The molecular formula is C16H13ClF3N5. The highest BCUT2D eigenvalue weighted by Crippen LogP contribution is 2.36. The van der Waals surface area contributed by atoms with E-state index < -0.39 is 11.9 Å². The molecule has 1 aliphatic rings. The monoisotopic (exact) mass is 367 g/mol. The number of aryl methyl sites for hydroxylation is 1. The molecule has 0 radical (unpaired) electrons. The summed E-state index contributed by atoms with van der Waals surface area (Å²) in [5.41, 5.74) is 2.24. The quantitative estimate of drug-likeness (QED) is 0.655. The molecule has 0 atom stereocenters. The largest absolute Gasteiger partial charge is 0.433 e. The van der Waals surface area contributed by atoms with Gasteiger partial charge in [-0.25, -0.2) is 9.50 Å². The predicted molar refractivity (Wildman–Crippen MR) is 87.8 cm³/mol. The lowest BCUT2D eigenvalue weighted by Gasteiger charge is -2.28. The van der Waals surface area contributed by atoms with Crippen molar-refractivity contribution in [2.24, 2.45) is 0 Å². The molecule has 5 nitrogen and oxygen atoms in total. The minimum absolute atomic E-state index is 0.314. The van der Waals surface area contributed by atoms with E-state index >= 15 is 0 Å². The summed E-state index contributed by atoms with van der Waals surface area (Å²) in [5, 5.41) is 4.66. The Labute approximate surface area is 146 Å². The molecule has 1 aliphatic heterocycles. The number of hydrogen-bond acceptors (Lipinski definition) is 4. The number of alkyl halides is 3. The third kappa shape index (κ3) is 2.60. The number of pyridine rings is 1. The number of fused-ring (bicyclic) bond motifs is 3. The molecule has 3 aromatic rings. The first kappa shape index (κ1) is 16.1. The van der Waals surface area contributed by atoms with Crippen molar-refractivity contribution in [3.8, 4) is 11.3 Å². The van der Waals surface area contributed by atoms with E-state index in [9.17, 15) is 13.2 Å². The molecule has 0 unspecified atom stereocenters. The summed E-state index contributed by atoms with van der Waals surface area (Å²) in [6.07, 6.45) is -0.112. The fourth-order valence-corrected chi connectivity index (χ4v) is 3.52. The summed E-state index contributed by atoms with van der Waals surface area (Å²) in [7, 11) is 1.93. The van der Waals surface area contributed by atoms with Crippen molar-refractivity contribution >= 4 is 22.9 Å². The normalized spacial score (nSPS) is 14.8. The molecule has 3 aromatic heterocycles. The molecule has 0 saturated heterocycles. The van der Waals surface area contributed by atoms with Gasteiger partial charge >= 0.3 is 6.18 Å². The van der Waals surface area contributed by atoms with Crippen LogP contribution < -0.4 is 4.90 Å². The molecule has 0 fully saturated rings. The number of halogens is 4. The molecule has 0 N–H and O–H groups in total. The van der Waals surface area contributed by atoms with Crippen molar-refractivity contribution < 1.29 is 13.2 Å². The maximum Gasteiger partial charge on any atom is 0.433 e. The molecular weight excluding hydrogens is 355 g/mol. The van der Waals surface area contributed by atoms with E-state index in [-0.39, 0.29) is 0 Å². The highest BCUT2D eigenvalue weighted by atomic mass is 35.5. The standard InChI is InChI=1S/C16H13ClF3N5/c1-24-6-2-3-10-13(24)14(17)23-25-11(8-22-15(10)25)9-4-5-21-12(7-9)16(18,19)20/h4-5,7-8H,2-3,6H2,1H3. The molecule has 25 heavy (non-hydrogen) atoms. The Kier molecular flexibility index (Phi) is 3.61. The Balaban J connectivity index is 1.92. The van der Waals surface area contributed by atoms with Gasteiger partial charge in [-0.05, 0) is 25.0 Å². The van der Waals surface area contributed by atoms with Crippen LogP contribution in [0.25, 0.3) is 16.9 Å². The van der Waals surface area contributed by atoms with E-state index in [0.717, 1.165) is 42.9 Å². The van der Waals surface area contributed by atoms with E-state index in [1.807, 2.05) is 11.9 Å². The summed E-state index contributed by atoms with van der Waals surface area (Å²) < 4.78 is 40.3. The molecule has 4 rings (SSSR count). The average molecular weight is 368 g/mol. The summed E-state index contributed by atoms with van der Waals surface area (Å²) in [6.45, 7) is 0.872. The van der Waals surface area contributed by atoms with Crippen LogP contribution in [0.5, 0.6) is 0 Å². The minimum atomic E-state index is -4.51. The van der Waals surface area contributed by atoms with Crippen molar-refractivity contribution in [3.05, 3.63) is 40.9 Å². The third-order valence-electron chi connectivity index (χ3n) is 4.33. The molecule has 0 aromatic carbocycles. The molecule has 0 aliphatic carbocycles. The first-order valence-electron chi connectivity index (χ1n) is 7.67. The van der Waals surface area contributed by atoms with Crippen molar-refractivity contribution in [3.63, 3.8) is 0 Å². The van der Waals surface area contributed by atoms with Gasteiger partial charge in [-0.15, -0.1) is 0 Å². The first-order chi connectivity index (χ1) is 11.9. The van der Waals surface area contributed by atoms with Crippen molar-refractivity contribution in [1.82, 2.24) is 19.6 Å². The van der Waals surface area contributed by atoms with Gasteiger partial charge in [0.1, 0.15) is 5.69 Å². The lowest BCUT2D eigenvalue weighted by molar-refractivity contribution is -0.141. The number of rotatable bonds is 1. The molecule has 0 amide bonds. The van der Waals surface area contributed by atoms with Crippen LogP contribution in [0.4, 0.5) is 18.9 Å². The van der Waals surface area contributed by atoms with Crippen LogP contribution in [0.15, 0.2) is 24.5 Å². The second-order valence-corrected chi connectivity index (χ2v) is 6.31. The smallest absolute Gasteiger partial charge is 0.372 e. The zero-order chi connectivity index (χ0) is 17.8. The summed E-state index contributed by atoms with van der Waals surface area (Å²) in [4.78, 5) is 9.80. The van der Waals surface area contributed by atoms with Gasteiger partial charge in [-0.3, -0.25) is 4.98 Å². The maximum absolute atomic E-state index is 12.9. The number of hydrogen-bond donors (Lipinski definition) is 0. The number of aromatic nitrogens is 4. The van der Waals surface area contributed by atoms with Crippen LogP contribution >= 0.6 is 11.6 Å². The van der Waals surface area contributed by atoms with Crippen LogP contribution in [0.2, 0.25) is 5.15 Å². The van der Waals surface area contributed by atoms with Crippen LogP contribution in [-0.2, 0) is 12.6 Å². The van der Waals surface area contributed by atoms with Crippen molar-refractivity contribution in [2.75, 3.05) is 18.5 Å². The average Bonchev–Trinajstić information content (AvgIpc) is 2.98. The van der Waals surface area contributed by atoms with E-state index in [4.69, 9.17) is 11.6 Å². The van der Waals surface area contributed by atoms with Crippen molar-refractivity contribution in [2.45, 2.75) is 19.0 Å². The maximum atomic E-state index is 12.9. The van der Waals surface area contributed by atoms with Gasteiger partial charge in [0, 0.05) is 30.9 Å². The fraction of sp³-hybridized carbons (Fsp3) is 0.312. The Morgan fingerprint density at radius 3 is 2.80 bits per heavy atom. The lowest BCUT2D eigenvalue weighted by atomic mass is 10.1. The molecule has 0 bridgehead atoms. The second-order valence-electron chi connectivity index (χ2n) is 5.95. The minimum Gasteiger partial charge on any atom is -0.372 e. The van der Waals surface area contributed by atoms with Crippen LogP contribution in [0, 0.1) is 0 Å². The predicted octanol–water partition coefficient (Wildman–Crippen LogP) is 3.85. The SMILES string of the molecule is CN1CCCc2c1c(Cl)nn1c(-c3ccnc(C(F)(F)F)c3)cnc21.